The van der Waals surface area contributed by atoms with Crippen molar-refractivity contribution in [3.8, 4) is 0 Å². The molecule has 0 aromatic carbocycles. The first kappa shape index (κ1) is 16.7. The van der Waals surface area contributed by atoms with Gasteiger partial charge in [0.15, 0.2) is 0 Å². The standard InChI is InChI=1S/C12H23N3O5/c1-20-9-7-15(6-8-16)12(19)14-4-2-13(3-5-14)10-11(17)18/h16H,2-10H2,1H3,(H,17,18). The Morgan fingerprint density at radius 2 is 1.85 bits per heavy atom. The molecule has 0 unspecified atom stereocenters. The highest BCUT2D eigenvalue weighted by atomic mass is 16.5. The number of aliphatic hydroxyl groups excluding tert-OH is 1. The highest BCUT2D eigenvalue weighted by Gasteiger charge is 2.25. The summed E-state index contributed by atoms with van der Waals surface area (Å²) in [6.07, 6.45) is 0. The number of piperazine rings is 1. The third kappa shape index (κ3) is 5.32. The SMILES string of the molecule is COCCN(CCO)C(=O)N1CCN(CC(=O)O)CC1. The van der Waals surface area contributed by atoms with E-state index in [-0.39, 0.29) is 25.7 Å². The fourth-order valence-corrected chi connectivity index (χ4v) is 2.11. The smallest absolute Gasteiger partial charge is 0.320 e. The maximum Gasteiger partial charge on any atom is 0.320 e. The van der Waals surface area contributed by atoms with Gasteiger partial charge in [-0.05, 0) is 0 Å². The van der Waals surface area contributed by atoms with E-state index in [1.54, 1.807) is 21.8 Å². The van der Waals surface area contributed by atoms with Gasteiger partial charge < -0.3 is 24.7 Å². The lowest BCUT2D eigenvalue weighted by molar-refractivity contribution is -0.138. The number of carbonyl (C=O) groups excluding carboxylic acids is 1. The van der Waals surface area contributed by atoms with Gasteiger partial charge in [0.1, 0.15) is 0 Å². The summed E-state index contributed by atoms with van der Waals surface area (Å²) in [6.45, 7) is 3.15. The number of nitrogens with zero attached hydrogens (tertiary/aromatic N) is 3. The lowest BCUT2D eigenvalue weighted by Crippen LogP contribution is -2.54. The summed E-state index contributed by atoms with van der Waals surface area (Å²) in [5, 5.41) is 17.7. The lowest BCUT2D eigenvalue weighted by atomic mass is 10.3. The molecule has 0 atom stereocenters. The van der Waals surface area contributed by atoms with Crippen LogP contribution >= 0.6 is 0 Å². The minimum atomic E-state index is -0.855. The van der Waals surface area contributed by atoms with Gasteiger partial charge >= 0.3 is 12.0 Å². The van der Waals surface area contributed by atoms with Crippen LogP contribution in [0.15, 0.2) is 0 Å². The van der Waals surface area contributed by atoms with Gasteiger partial charge in [-0.15, -0.1) is 0 Å². The molecule has 1 heterocycles. The number of amides is 2. The molecular formula is C12H23N3O5. The number of rotatable bonds is 7. The molecule has 8 nitrogen and oxygen atoms in total. The van der Waals surface area contributed by atoms with Gasteiger partial charge in [-0.3, -0.25) is 9.69 Å². The number of hydrogen-bond acceptors (Lipinski definition) is 5. The Morgan fingerprint density at radius 1 is 1.20 bits per heavy atom. The third-order valence-corrected chi connectivity index (χ3v) is 3.21. The molecule has 2 N–H and O–H groups in total. The molecule has 0 spiro atoms. The van der Waals surface area contributed by atoms with Crippen LogP contribution in [0.3, 0.4) is 0 Å². The number of aliphatic hydroxyl groups is 1. The van der Waals surface area contributed by atoms with Crippen molar-refractivity contribution in [3.63, 3.8) is 0 Å². The van der Waals surface area contributed by atoms with Crippen LogP contribution in [0.4, 0.5) is 4.79 Å². The monoisotopic (exact) mass is 289 g/mol. The van der Waals surface area contributed by atoms with Gasteiger partial charge in [-0.1, -0.05) is 0 Å². The highest BCUT2D eigenvalue weighted by molar-refractivity contribution is 5.74. The zero-order valence-electron chi connectivity index (χ0n) is 11.8. The quantitative estimate of drug-likeness (QED) is 0.608. The molecule has 0 bridgehead atoms. The molecule has 116 valence electrons. The summed E-state index contributed by atoms with van der Waals surface area (Å²) in [5.74, 6) is -0.855. The summed E-state index contributed by atoms with van der Waals surface area (Å²) in [7, 11) is 1.56. The number of carboxylic acid groups (broad SMARTS) is 1. The van der Waals surface area contributed by atoms with E-state index in [4.69, 9.17) is 14.9 Å². The van der Waals surface area contributed by atoms with Gasteiger partial charge in [-0.2, -0.15) is 0 Å². The minimum absolute atomic E-state index is 0.00601. The Balaban J connectivity index is 2.44. The van der Waals surface area contributed by atoms with Gasteiger partial charge in [0.25, 0.3) is 0 Å². The fraction of sp³-hybridized carbons (Fsp3) is 0.833. The molecule has 0 aromatic heterocycles. The Bertz CT molecular complexity index is 318. The number of urea groups is 1. The van der Waals surface area contributed by atoms with E-state index in [1.165, 1.54) is 0 Å². The number of methoxy groups -OCH3 is 1. The van der Waals surface area contributed by atoms with E-state index < -0.39 is 5.97 Å². The molecule has 1 aliphatic heterocycles. The first-order valence-electron chi connectivity index (χ1n) is 6.66. The molecule has 0 aliphatic carbocycles. The highest BCUT2D eigenvalue weighted by Crippen LogP contribution is 2.06. The second kappa shape index (κ2) is 8.72. The van der Waals surface area contributed by atoms with Crippen LogP contribution in [0.2, 0.25) is 0 Å². The molecular weight excluding hydrogens is 266 g/mol. The van der Waals surface area contributed by atoms with Crippen molar-refractivity contribution in [3.05, 3.63) is 0 Å². The molecule has 0 saturated carbocycles. The van der Waals surface area contributed by atoms with Crippen LogP contribution in [0.1, 0.15) is 0 Å². The Labute approximate surface area is 118 Å². The van der Waals surface area contributed by atoms with Crippen LogP contribution in [-0.4, -0.2) is 103 Å². The van der Waals surface area contributed by atoms with E-state index >= 15 is 0 Å². The molecule has 20 heavy (non-hydrogen) atoms. The van der Waals surface area contributed by atoms with Gasteiger partial charge in [0.2, 0.25) is 0 Å². The Kier molecular flexibility index (Phi) is 7.27. The van der Waals surface area contributed by atoms with Gasteiger partial charge in [0, 0.05) is 46.4 Å². The molecule has 1 rings (SSSR count). The number of carboxylic acids is 1. The summed E-state index contributed by atoms with van der Waals surface area (Å²) in [6, 6.07) is -0.133. The topological polar surface area (TPSA) is 93.6 Å². The second-order valence-electron chi connectivity index (χ2n) is 4.64. The van der Waals surface area contributed by atoms with Crippen LogP contribution in [0.25, 0.3) is 0 Å². The number of aliphatic carboxylic acids is 1. The average Bonchev–Trinajstić information content (AvgIpc) is 2.43. The average molecular weight is 289 g/mol. The second-order valence-corrected chi connectivity index (χ2v) is 4.64. The minimum Gasteiger partial charge on any atom is -0.480 e. The van der Waals surface area contributed by atoms with E-state index in [2.05, 4.69) is 0 Å². The van der Waals surface area contributed by atoms with Crippen molar-refractivity contribution >= 4 is 12.0 Å². The number of ether oxygens (including phenoxy) is 1. The zero-order valence-corrected chi connectivity index (χ0v) is 11.8. The van der Waals surface area contributed by atoms with Crippen molar-refractivity contribution < 1.29 is 24.5 Å². The van der Waals surface area contributed by atoms with Crippen molar-refractivity contribution in [2.75, 3.05) is 66.1 Å². The molecule has 8 heteroatoms. The number of hydrogen-bond donors (Lipinski definition) is 2. The van der Waals surface area contributed by atoms with Gasteiger partial charge in [-0.25, -0.2) is 4.79 Å². The Morgan fingerprint density at radius 3 is 2.35 bits per heavy atom. The van der Waals surface area contributed by atoms with Crippen LogP contribution < -0.4 is 0 Å². The van der Waals surface area contributed by atoms with Crippen molar-refractivity contribution in [2.24, 2.45) is 0 Å². The van der Waals surface area contributed by atoms with Crippen molar-refractivity contribution in [1.29, 1.82) is 0 Å². The summed E-state index contributed by atoms with van der Waals surface area (Å²) in [5.41, 5.74) is 0. The van der Waals surface area contributed by atoms with Crippen LogP contribution in [0.5, 0.6) is 0 Å². The summed E-state index contributed by atoms with van der Waals surface area (Å²) in [4.78, 5) is 27.9. The molecule has 1 aliphatic rings. The van der Waals surface area contributed by atoms with Crippen LogP contribution in [-0.2, 0) is 9.53 Å². The normalized spacial score (nSPS) is 16.2. The Hall–Kier alpha value is -1.38. The lowest BCUT2D eigenvalue weighted by Gasteiger charge is -2.36. The number of carbonyl (C=O) groups is 2. The predicted octanol–water partition coefficient (Wildman–Crippen LogP) is -1.25. The summed E-state index contributed by atoms with van der Waals surface area (Å²) < 4.78 is 4.95. The van der Waals surface area contributed by atoms with E-state index in [0.717, 1.165) is 0 Å². The third-order valence-electron chi connectivity index (χ3n) is 3.21. The summed E-state index contributed by atoms with van der Waals surface area (Å²) >= 11 is 0. The molecule has 1 fully saturated rings. The molecule has 0 aromatic rings. The fourth-order valence-electron chi connectivity index (χ4n) is 2.11. The first-order valence-corrected chi connectivity index (χ1v) is 6.66. The van der Waals surface area contributed by atoms with E-state index in [9.17, 15) is 9.59 Å². The van der Waals surface area contributed by atoms with Crippen molar-refractivity contribution in [1.82, 2.24) is 14.7 Å². The first-order chi connectivity index (χ1) is 9.58. The zero-order chi connectivity index (χ0) is 15.0. The van der Waals surface area contributed by atoms with E-state index in [1.807, 2.05) is 0 Å². The maximum absolute atomic E-state index is 12.3. The molecule has 0 radical (unpaired) electrons. The van der Waals surface area contributed by atoms with Crippen LogP contribution in [0, 0.1) is 0 Å². The van der Waals surface area contributed by atoms with Crippen molar-refractivity contribution in [2.45, 2.75) is 0 Å². The predicted molar refractivity (Wildman–Crippen MR) is 71.6 cm³/mol. The molecule has 2 amide bonds. The molecule has 1 saturated heterocycles. The largest absolute Gasteiger partial charge is 0.480 e. The van der Waals surface area contributed by atoms with Gasteiger partial charge in [0.05, 0.1) is 19.8 Å². The maximum atomic E-state index is 12.3. The van der Waals surface area contributed by atoms with E-state index in [0.29, 0.717) is 39.3 Å².